The summed E-state index contributed by atoms with van der Waals surface area (Å²) >= 11 is 0. The van der Waals surface area contributed by atoms with Crippen molar-refractivity contribution in [2.24, 2.45) is 0 Å². The molecular weight excluding hydrogens is 134 g/mol. The molecule has 1 unspecified atom stereocenters. The molecule has 2 N–H and O–H groups in total. The molecule has 0 aliphatic carbocycles. The molecular formula is C5H5N3O2. The zero-order valence-corrected chi connectivity index (χ0v) is 5.05. The molecule has 3 amide bonds. The monoisotopic (exact) mass is 139 g/mol. The van der Waals surface area contributed by atoms with E-state index in [4.69, 9.17) is 5.26 Å². The zero-order chi connectivity index (χ0) is 7.56. The molecule has 1 fully saturated rings. The predicted molar refractivity (Wildman–Crippen MR) is 30.7 cm³/mol. The molecule has 1 aliphatic heterocycles. The highest BCUT2D eigenvalue weighted by Crippen LogP contribution is 1.95. The SMILES string of the molecule is N#CCC1NC(=O)NC1=O. The van der Waals surface area contributed by atoms with Gasteiger partial charge in [-0.1, -0.05) is 0 Å². The third-order valence-electron chi connectivity index (χ3n) is 1.15. The molecule has 1 heterocycles. The summed E-state index contributed by atoms with van der Waals surface area (Å²) in [6.45, 7) is 0. The molecule has 1 atom stereocenters. The minimum Gasteiger partial charge on any atom is -0.325 e. The van der Waals surface area contributed by atoms with Crippen LogP contribution in [0.4, 0.5) is 4.79 Å². The first-order valence-corrected chi connectivity index (χ1v) is 2.72. The Balaban J connectivity index is 2.56. The summed E-state index contributed by atoms with van der Waals surface area (Å²) in [4.78, 5) is 21.0. The van der Waals surface area contributed by atoms with Gasteiger partial charge in [-0.2, -0.15) is 5.26 Å². The van der Waals surface area contributed by atoms with Crippen molar-refractivity contribution in [3.05, 3.63) is 0 Å². The molecule has 0 aromatic carbocycles. The van der Waals surface area contributed by atoms with Crippen molar-refractivity contribution in [1.29, 1.82) is 5.26 Å². The minimum absolute atomic E-state index is 0.0254. The van der Waals surface area contributed by atoms with Crippen LogP contribution in [0, 0.1) is 11.3 Å². The number of nitrogens with one attached hydrogen (secondary N) is 2. The van der Waals surface area contributed by atoms with E-state index in [1.807, 2.05) is 5.32 Å². The van der Waals surface area contributed by atoms with Crippen molar-refractivity contribution in [2.45, 2.75) is 12.5 Å². The van der Waals surface area contributed by atoms with Gasteiger partial charge in [0.2, 0.25) is 0 Å². The van der Waals surface area contributed by atoms with Crippen LogP contribution in [0.2, 0.25) is 0 Å². The summed E-state index contributed by atoms with van der Waals surface area (Å²) in [6, 6.07) is 0.607. The molecule has 0 aromatic heterocycles. The van der Waals surface area contributed by atoms with E-state index in [9.17, 15) is 9.59 Å². The Morgan fingerprint density at radius 1 is 1.60 bits per heavy atom. The molecule has 1 aliphatic rings. The van der Waals surface area contributed by atoms with Gasteiger partial charge in [0.25, 0.3) is 5.91 Å². The number of carbonyl (C=O) groups is 2. The number of hydrogen-bond donors (Lipinski definition) is 2. The second kappa shape index (κ2) is 2.35. The number of urea groups is 1. The predicted octanol–water partition coefficient (Wildman–Crippen LogP) is -0.892. The van der Waals surface area contributed by atoms with Crippen molar-refractivity contribution in [3.63, 3.8) is 0 Å². The summed E-state index contributed by atoms with van der Waals surface area (Å²) in [7, 11) is 0. The first-order valence-electron chi connectivity index (χ1n) is 2.72. The minimum atomic E-state index is -0.655. The van der Waals surface area contributed by atoms with Gasteiger partial charge in [-0.25, -0.2) is 4.79 Å². The van der Waals surface area contributed by atoms with Crippen LogP contribution in [0.3, 0.4) is 0 Å². The first-order chi connectivity index (χ1) is 4.74. The van der Waals surface area contributed by atoms with Crippen LogP contribution in [-0.2, 0) is 4.79 Å². The molecule has 52 valence electrons. The largest absolute Gasteiger partial charge is 0.325 e. The van der Waals surface area contributed by atoms with E-state index in [1.54, 1.807) is 6.07 Å². The zero-order valence-electron chi connectivity index (χ0n) is 5.05. The van der Waals surface area contributed by atoms with E-state index in [-0.39, 0.29) is 6.42 Å². The van der Waals surface area contributed by atoms with Crippen LogP contribution in [-0.4, -0.2) is 18.0 Å². The van der Waals surface area contributed by atoms with Crippen molar-refractivity contribution in [1.82, 2.24) is 10.6 Å². The van der Waals surface area contributed by atoms with Gasteiger partial charge in [0.1, 0.15) is 6.04 Å². The lowest BCUT2D eigenvalue weighted by molar-refractivity contribution is -0.120. The number of nitrogens with zero attached hydrogens (tertiary/aromatic N) is 1. The maximum absolute atomic E-state index is 10.6. The molecule has 0 bridgehead atoms. The fourth-order valence-corrected chi connectivity index (χ4v) is 0.694. The molecule has 10 heavy (non-hydrogen) atoms. The average molecular weight is 139 g/mol. The lowest BCUT2D eigenvalue weighted by atomic mass is 10.2. The summed E-state index contributed by atoms with van der Waals surface area (Å²) in [5.74, 6) is -0.424. The number of imide groups is 1. The Morgan fingerprint density at radius 2 is 2.30 bits per heavy atom. The van der Waals surface area contributed by atoms with Gasteiger partial charge in [-0.05, 0) is 0 Å². The van der Waals surface area contributed by atoms with Crippen molar-refractivity contribution in [3.8, 4) is 6.07 Å². The quantitative estimate of drug-likeness (QED) is 0.462. The maximum atomic E-state index is 10.6. The second-order valence-electron chi connectivity index (χ2n) is 1.88. The number of hydrogen-bond acceptors (Lipinski definition) is 3. The summed E-state index contributed by atoms with van der Waals surface area (Å²) in [6.07, 6.45) is 0.0254. The van der Waals surface area contributed by atoms with E-state index in [2.05, 4.69) is 5.32 Å². The first kappa shape index (κ1) is 6.55. The van der Waals surface area contributed by atoms with Gasteiger partial charge >= 0.3 is 6.03 Å². The van der Waals surface area contributed by atoms with Crippen molar-refractivity contribution in [2.75, 3.05) is 0 Å². The Kier molecular flexibility index (Phi) is 1.54. The molecule has 0 radical (unpaired) electrons. The highest BCUT2D eigenvalue weighted by Gasteiger charge is 2.28. The van der Waals surface area contributed by atoms with Crippen LogP contribution in [0.25, 0.3) is 0 Å². The van der Waals surface area contributed by atoms with E-state index < -0.39 is 18.0 Å². The Morgan fingerprint density at radius 3 is 2.70 bits per heavy atom. The summed E-state index contributed by atoms with van der Waals surface area (Å²) in [5.41, 5.74) is 0. The van der Waals surface area contributed by atoms with Crippen LogP contribution >= 0.6 is 0 Å². The maximum Gasteiger partial charge on any atom is 0.322 e. The molecule has 0 spiro atoms. The van der Waals surface area contributed by atoms with E-state index in [0.29, 0.717) is 0 Å². The fraction of sp³-hybridized carbons (Fsp3) is 0.400. The topological polar surface area (TPSA) is 82.0 Å². The van der Waals surface area contributed by atoms with Crippen LogP contribution < -0.4 is 10.6 Å². The van der Waals surface area contributed by atoms with Crippen molar-refractivity contribution >= 4 is 11.9 Å². The molecule has 1 saturated heterocycles. The number of nitriles is 1. The van der Waals surface area contributed by atoms with Crippen LogP contribution in [0.5, 0.6) is 0 Å². The molecule has 0 aromatic rings. The summed E-state index contributed by atoms with van der Waals surface area (Å²) < 4.78 is 0. The van der Waals surface area contributed by atoms with E-state index >= 15 is 0 Å². The smallest absolute Gasteiger partial charge is 0.322 e. The standard InChI is InChI=1S/C5H5N3O2/c6-2-1-3-4(9)8-5(10)7-3/h3H,1H2,(H2,7,8,9,10). The van der Waals surface area contributed by atoms with Crippen molar-refractivity contribution < 1.29 is 9.59 Å². The average Bonchev–Trinajstić information content (AvgIpc) is 2.13. The van der Waals surface area contributed by atoms with E-state index in [1.165, 1.54) is 0 Å². The van der Waals surface area contributed by atoms with Crippen LogP contribution in [0.1, 0.15) is 6.42 Å². The third-order valence-corrected chi connectivity index (χ3v) is 1.15. The number of carbonyl (C=O) groups excluding carboxylic acids is 2. The highest BCUT2D eigenvalue weighted by molar-refractivity contribution is 6.04. The highest BCUT2D eigenvalue weighted by atomic mass is 16.2. The van der Waals surface area contributed by atoms with E-state index in [0.717, 1.165) is 0 Å². The molecule has 5 nitrogen and oxygen atoms in total. The molecule has 0 saturated carbocycles. The Hall–Kier alpha value is -1.57. The van der Waals surface area contributed by atoms with Gasteiger partial charge in [0.15, 0.2) is 0 Å². The normalized spacial score (nSPS) is 23.3. The number of rotatable bonds is 1. The van der Waals surface area contributed by atoms with Gasteiger partial charge in [0.05, 0.1) is 12.5 Å². The third kappa shape index (κ3) is 1.05. The lowest BCUT2D eigenvalue weighted by Crippen LogP contribution is -2.27. The second-order valence-corrected chi connectivity index (χ2v) is 1.88. The number of amides is 3. The van der Waals surface area contributed by atoms with Gasteiger partial charge in [-0.15, -0.1) is 0 Å². The molecule has 5 heteroatoms. The summed E-state index contributed by atoms with van der Waals surface area (Å²) in [5, 5.41) is 12.4. The van der Waals surface area contributed by atoms with Gasteiger partial charge in [0, 0.05) is 0 Å². The van der Waals surface area contributed by atoms with Gasteiger partial charge < -0.3 is 5.32 Å². The lowest BCUT2D eigenvalue weighted by Gasteiger charge is -1.96. The Labute approximate surface area is 57.0 Å². The molecule has 1 rings (SSSR count). The fourth-order valence-electron chi connectivity index (χ4n) is 0.694. The van der Waals surface area contributed by atoms with Crippen LogP contribution in [0.15, 0.2) is 0 Å². The Bertz CT molecular complexity index is 217. The van der Waals surface area contributed by atoms with Gasteiger partial charge in [-0.3, -0.25) is 10.1 Å².